The summed E-state index contributed by atoms with van der Waals surface area (Å²) in [6.45, 7) is 11.0. The number of thioether (sulfide) groups is 1. The molecule has 0 bridgehead atoms. The predicted octanol–water partition coefficient (Wildman–Crippen LogP) is 3.50. The van der Waals surface area contributed by atoms with Crippen LogP contribution in [0.1, 0.15) is 57.9 Å². The Labute approximate surface area is 212 Å². The monoisotopic (exact) mass is 516 g/mol. The molecule has 10 nitrogen and oxygen atoms in total. The minimum Gasteiger partial charge on any atom is -0.368 e. The van der Waals surface area contributed by atoms with Crippen molar-refractivity contribution in [2.24, 2.45) is 5.41 Å². The fraction of sp³-hybridized carbons (Fsp3) is 0.609. The second kappa shape index (κ2) is 8.90. The van der Waals surface area contributed by atoms with Crippen LogP contribution in [0.5, 0.6) is 0 Å². The van der Waals surface area contributed by atoms with E-state index in [2.05, 4.69) is 25.6 Å². The molecule has 0 fully saturated rings. The molecule has 1 aliphatic carbocycles. The average molecular weight is 517 g/mol. The summed E-state index contributed by atoms with van der Waals surface area (Å²) in [5.41, 5.74) is -1.18. The molecule has 2 aliphatic rings. The molecule has 3 N–H and O–H groups in total. The van der Waals surface area contributed by atoms with E-state index in [1.54, 1.807) is 16.3 Å². The normalized spacial score (nSPS) is 20.0. The van der Waals surface area contributed by atoms with Crippen LogP contribution in [0.3, 0.4) is 0 Å². The summed E-state index contributed by atoms with van der Waals surface area (Å²) >= 11 is 3.02. The van der Waals surface area contributed by atoms with Gasteiger partial charge in [0.15, 0.2) is 10.9 Å². The molecule has 0 saturated heterocycles. The summed E-state index contributed by atoms with van der Waals surface area (Å²) in [5, 5.41) is 21.2. The molecule has 3 aromatic rings. The van der Waals surface area contributed by atoms with E-state index >= 15 is 0 Å². The largest absolute Gasteiger partial charge is 0.368 e. The molecule has 0 radical (unpaired) electrons. The van der Waals surface area contributed by atoms with Gasteiger partial charge in [0.05, 0.1) is 11.1 Å². The molecular formula is C23H32N8O2S2. The SMILES string of the molecule is CCNc1nc(NCC)nc(N2n3c(nc4sc5c(c4c3=O)CCCC5)SCC2(O)C(C)(C)C)n1. The molecule has 0 spiro atoms. The Kier molecular flexibility index (Phi) is 6.17. The van der Waals surface area contributed by atoms with Crippen molar-refractivity contribution in [2.45, 2.75) is 71.2 Å². The Balaban J connectivity index is 1.80. The first-order valence-corrected chi connectivity index (χ1v) is 13.9. The molecule has 35 heavy (non-hydrogen) atoms. The van der Waals surface area contributed by atoms with E-state index in [0.29, 0.717) is 41.3 Å². The third-order valence-electron chi connectivity index (χ3n) is 6.57. The number of anilines is 3. The van der Waals surface area contributed by atoms with E-state index in [1.165, 1.54) is 21.3 Å². The molecule has 12 heteroatoms. The van der Waals surface area contributed by atoms with E-state index in [0.717, 1.165) is 36.1 Å². The van der Waals surface area contributed by atoms with E-state index in [1.807, 2.05) is 34.6 Å². The number of aliphatic hydroxyl groups is 1. The van der Waals surface area contributed by atoms with Crippen LogP contribution in [0.4, 0.5) is 17.8 Å². The van der Waals surface area contributed by atoms with Crippen molar-refractivity contribution in [3.05, 3.63) is 20.8 Å². The third-order valence-corrected chi connectivity index (χ3v) is 8.83. The lowest BCUT2D eigenvalue weighted by atomic mass is 9.83. The van der Waals surface area contributed by atoms with Gasteiger partial charge in [0.25, 0.3) is 11.5 Å². The number of hydrogen-bond donors (Lipinski definition) is 3. The van der Waals surface area contributed by atoms with Crippen molar-refractivity contribution in [3.8, 4) is 0 Å². The molecule has 3 aromatic heterocycles. The van der Waals surface area contributed by atoms with Crippen LogP contribution in [0.15, 0.2) is 9.95 Å². The molecule has 0 amide bonds. The van der Waals surface area contributed by atoms with Crippen LogP contribution in [-0.4, -0.2) is 54.3 Å². The summed E-state index contributed by atoms with van der Waals surface area (Å²) in [5.74, 6) is 1.25. The minimum absolute atomic E-state index is 0.185. The first kappa shape index (κ1) is 24.3. The lowest BCUT2D eigenvalue weighted by Crippen LogP contribution is -2.66. The highest BCUT2D eigenvalue weighted by Gasteiger charge is 2.52. The maximum atomic E-state index is 14.2. The van der Waals surface area contributed by atoms with Gasteiger partial charge in [0.1, 0.15) is 4.83 Å². The highest BCUT2D eigenvalue weighted by molar-refractivity contribution is 7.99. The fourth-order valence-corrected chi connectivity index (χ4v) is 7.20. The quantitative estimate of drug-likeness (QED) is 0.435. The zero-order chi connectivity index (χ0) is 25.0. The van der Waals surface area contributed by atoms with Gasteiger partial charge in [-0.3, -0.25) is 4.79 Å². The van der Waals surface area contributed by atoms with Gasteiger partial charge < -0.3 is 15.7 Å². The molecule has 4 heterocycles. The van der Waals surface area contributed by atoms with E-state index in [9.17, 15) is 9.90 Å². The lowest BCUT2D eigenvalue weighted by molar-refractivity contribution is -0.0526. The third kappa shape index (κ3) is 3.95. The molecule has 5 rings (SSSR count). The Morgan fingerprint density at radius 2 is 1.69 bits per heavy atom. The van der Waals surface area contributed by atoms with Crippen molar-refractivity contribution in [3.63, 3.8) is 0 Å². The fourth-order valence-electron chi connectivity index (χ4n) is 4.56. The zero-order valence-corrected chi connectivity index (χ0v) is 22.4. The second-order valence-electron chi connectivity index (χ2n) is 9.91. The van der Waals surface area contributed by atoms with Crippen LogP contribution in [0.2, 0.25) is 0 Å². The molecule has 1 unspecified atom stereocenters. The van der Waals surface area contributed by atoms with Gasteiger partial charge >= 0.3 is 0 Å². The van der Waals surface area contributed by atoms with Gasteiger partial charge in [-0.15, -0.1) is 11.3 Å². The van der Waals surface area contributed by atoms with E-state index in [4.69, 9.17) is 4.98 Å². The van der Waals surface area contributed by atoms with Crippen LogP contribution in [-0.2, 0) is 12.8 Å². The number of aromatic nitrogens is 5. The lowest BCUT2D eigenvalue weighted by Gasteiger charge is -2.50. The van der Waals surface area contributed by atoms with Gasteiger partial charge in [-0.1, -0.05) is 32.5 Å². The van der Waals surface area contributed by atoms with Crippen LogP contribution in [0.25, 0.3) is 10.2 Å². The van der Waals surface area contributed by atoms with Gasteiger partial charge in [-0.2, -0.15) is 19.6 Å². The molecule has 188 valence electrons. The van der Waals surface area contributed by atoms with Crippen LogP contribution >= 0.6 is 23.1 Å². The number of aryl methyl sites for hydroxylation is 2. The smallest absolute Gasteiger partial charge is 0.282 e. The molecule has 0 aromatic carbocycles. The van der Waals surface area contributed by atoms with Crippen LogP contribution < -0.4 is 21.2 Å². The van der Waals surface area contributed by atoms with E-state index < -0.39 is 11.1 Å². The van der Waals surface area contributed by atoms with Crippen LogP contribution in [0, 0.1) is 5.41 Å². The zero-order valence-electron chi connectivity index (χ0n) is 20.8. The Morgan fingerprint density at radius 3 is 2.31 bits per heavy atom. The van der Waals surface area contributed by atoms with Crippen molar-refractivity contribution < 1.29 is 5.11 Å². The molecule has 1 aliphatic heterocycles. The van der Waals surface area contributed by atoms with Gasteiger partial charge in [-0.25, -0.2) is 9.99 Å². The number of hydrogen-bond acceptors (Lipinski definition) is 11. The first-order valence-electron chi connectivity index (χ1n) is 12.1. The summed E-state index contributed by atoms with van der Waals surface area (Å²) in [7, 11) is 0. The molecule has 0 saturated carbocycles. The van der Waals surface area contributed by atoms with Gasteiger partial charge in [-0.05, 0) is 45.1 Å². The second-order valence-corrected chi connectivity index (χ2v) is 11.9. The Morgan fingerprint density at radius 1 is 1.03 bits per heavy atom. The topological polar surface area (TPSA) is 121 Å². The predicted molar refractivity (Wildman–Crippen MR) is 142 cm³/mol. The van der Waals surface area contributed by atoms with Crippen molar-refractivity contribution >= 4 is 51.2 Å². The number of fused-ring (bicyclic) bond motifs is 4. The maximum Gasteiger partial charge on any atom is 0.282 e. The number of nitrogens with one attached hydrogen (secondary N) is 2. The highest BCUT2D eigenvalue weighted by atomic mass is 32.2. The van der Waals surface area contributed by atoms with Crippen molar-refractivity contribution in [2.75, 3.05) is 34.5 Å². The molecule has 1 atom stereocenters. The van der Waals surface area contributed by atoms with Gasteiger partial charge in [0, 0.05) is 23.4 Å². The average Bonchev–Trinajstić information content (AvgIpc) is 3.18. The molecular weight excluding hydrogens is 484 g/mol. The number of thiophene rings is 1. The Hall–Kier alpha value is -2.44. The highest BCUT2D eigenvalue weighted by Crippen LogP contribution is 2.44. The number of nitrogens with zero attached hydrogens (tertiary/aromatic N) is 6. The Bertz CT molecular complexity index is 1310. The van der Waals surface area contributed by atoms with Crippen molar-refractivity contribution in [1.29, 1.82) is 0 Å². The summed E-state index contributed by atoms with van der Waals surface area (Å²) in [6.07, 6.45) is 4.06. The number of rotatable bonds is 5. The maximum absolute atomic E-state index is 14.2. The summed E-state index contributed by atoms with van der Waals surface area (Å²) < 4.78 is 1.49. The van der Waals surface area contributed by atoms with Gasteiger partial charge in [0.2, 0.25) is 11.9 Å². The first-order chi connectivity index (χ1) is 16.7. The summed E-state index contributed by atoms with van der Waals surface area (Å²) in [4.78, 5) is 34.8. The van der Waals surface area contributed by atoms with Crippen molar-refractivity contribution in [1.82, 2.24) is 24.6 Å². The minimum atomic E-state index is -1.46. The standard InChI is InChI=1S/C23H32N8O2S2/c1-6-24-18-27-19(25-7-2)29-20(28-18)31-23(33,22(3,4)5)12-34-21-26-16-15(17(32)30(21)31)13-10-8-9-11-14(13)35-16/h33H,6-12H2,1-5H3,(H2,24,25,27,28,29). The van der Waals surface area contributed by atoms with E-state index in [-0.39, 0.29) is 11.5 Å². The summed E-state index contributed by atoms with van der Waals surface area (Å²) in [6, 6.07) is 0.